The summed E-state index contributed by atoms with van der Waals surface area (Å²) >= 11 is 0. The van der Waals surface area contributed by atoms with Crippen LogP contribution in [-0.4, -0.2) is 42.1 Å². The summed E-state index contributed by atoms with van der Waals surface area (Å²) in [5.74, 6) is 2.88. The molecule has 0 unspecified atom stereocenters. The lowest BCUT2D eigenvalue weighted by atomic mass is 9.73. The van der Waals surface area contributed by atoms with E-state index in [1.807, 2.05) is 43.3 Å². The number of hydrogen-bond acceptors (Lipinski definition) is 4. The van der Waals surface area contributed by atoms with Crippen LogP contribution in [0.3, 0.4) is 0 Å². The Hall–Kier alpha value is -2.11. The Balaban J connectivity index is 1.25. The van der Waals surface area contributed by atoms with Crippen LogP contribution in [0.2, 0.25) is 0 Å². The van der Waals surface area contributed by atoms with Crippen molar-refractivity contribution in [2.75, 3.05) is 19.6 Å². The number of carbonyl (C=O) groups is 1. The van der Waals surface area contributed by atoms with Crippen molar-refractivity contribution in [3.8, 4) is 0 Å². The van der Waals surface area contributed by atoms with Gasteiger partial charge in [0.15, 0.2) is 0 Å². The average Bonchev–Trinajstić information content (AvgIpc) is 3.41. The predicted molar refractivity (Wildman–Crippen MR) is 101 cm³/mol. The Morgan fingerprint density at radius 2 is 2.11 bits per heavy atom. The molecule has 27 heavy (non-hydrogen) atoms. The van der Waals surface area contributed by atoms with Gasteiger partial charge < -0.3 is 14.5 Å². The molecule has 1 amide bonds. The minimum atomic E-state index is -0.0194. The van der Waals surface area contributed by atoms with Gasteiger partial charge in [0.05, 0.1) is 18.2 Å². The van der Waals surface area contributed by atoms with Crippen LogP contribution in [-0.2, 0) is 11.3 Å². The minimum absolute atomic E-state index is 0.00772. The summed E-state index contributed by atoms with van der Waals surface area (Å²) in [5, 5.41) is 3.15. The SMILES string of the molecule is Cc1ccc(CN2C[C@@H]3[C@H](CNC(=O)c4ccccc4)[C@H]4CC[C@]3(C2)O4)o1. The van der Waals surface area contributed by atoms with Crippen LogP contribution in [0.5, 0.6) is 0 Å². The van der Waals surface area contributed by atoms with E-state index >= 15 is 0 Å². The van der Waals surface area contributed by atoms with Gasteiger partial charge in [0.1, 0.15) is 11.5 Å². The van der Waals surface area contributed by atoms with Gasteiger partial charge in [-0.2, -0.15) is 0 Å². The smallest absolute Gasteiger partial charge is 0.251 e. The zero-order chi connectivity index (χ0) is 18.4. The number of ether oxygens (including phenoxy) is 1. The maximum atomic E-state index is 12.4. The van der Waals surface area contributed by atoms with E-state index in [1.165, 1.54) is 0 Å². The quantitative estimate of drug-likeness (QED) is 0.884. The molecule has 4 heterocycles. The predicted octanol–water partition coefficient (Wildman–Crippen LogP) is 3.00. The molecule has 3 saturated heterocycles. The largest absolute Gasteiger partial charge is 0.465 e. The third-order valence-electron chi connectivity index (χ3n) is 6.56. The zero-order valence-electron chi connectivity index (χ0n) is 15.7. The van der Waals surface area contributed by atoms with Gasteiger partial charge in [-0.3, -0.25) is 9.69 Å². The minimum Gasteiger partial charge on any atom is -0.465 e. The van der Waals surface area contributed by atoms with E-state index < -0.39 is 0 Å². The van der Waals surface area contributed by atoms with Crippen molar-refractivity contribution < 1.29 is 13.9 Å². The van der Waals surface area contributed by atoms with Crippen LogP contribution in [0.25, 0.3) is 0 Å². The second-order valence-corrected chi connectivity index (χ2v) is 8.29. The maximum absolute atomic E-state index is 12.4. The molecule has 5 nitrogen and oxygen atoms in total. The highest BCUT2D eigenvalue weighted by atomic mass is 16.5. The fourth-order valence-corrected chi connectivity index (χ4v) is 5.37. The van der Waals surface area contributed by atoms with E-state index in [-0.39, 0.29) is 11.5 Å². The standard InChI is InChI=1S/C22H26N2O3/c1-15-7-8-17(26-15)12-24-13-19-18(20-9-10-22(19,14-24)27-20)11-23-21(25)16-5-3-2-4-6-16/h2-8,18-20H,9-14H2,1H3,(H,23,25)/t18-,19+,20+,22+/m0/s1. The molecule has 5 rings (SSSR count). The summed E-state index contributed by atoms with van der Waals surface area (Å²) in [7, 11) is 0. The van der Waals surface area contributed by atoms with Crippen LogP contribution in [0.1, 0.15) is 34.7 Å². The second-order valence-electron chi connectivity index (χ2n) is 8.29. The molecule has 1 spiro atoms. The molecule has 2 aromatic rings. The van der Waals surface area contributed by atoms with E-state index in [2.05, 4.69) is 16.3 Å². The second kappa shape index (κ2) is 6.50. The summed E-state index contributed by atoms with van der Waals surface area (Å²) in [4.78, 5) is 14.9. The van der Waals surface area contributed by atoms with Crippen LogP contribution < -0.4 is 5.32 Å². The molecule has 0 radical (unpaired) electrons. The zero-order valence-corrected chi connectivity index (χ0v) is 15.7. The van der Waals surface area contributed by atoms with Crippen molar-refractivity contribution in [3.63, 3.8) is 0 Å². The lowest BCUT2D eigenvalue weighted by Gasteiger charge is -2.29. The van der Waals surface area contributed by atoms with Gasteiger partial charge in [-0.25, -0.2) is 0 Å². The summed E-state index contributed by atoms with van der Waals surface area (Å²) in [6, 6.07) is 13.5. The molecule has 3 aliphatic heterocycles. The average molecular weight is 366 g/mol. The summed E-state index contributed by atoms with van der Waals surface area (Å²) < 4.78 is 12.2. The van der Waals surface area contributed by atoms with Crippen molar-refractivity contribution in [3.05, 3.63) is 59.5 Å². The van der Waals surface area contributed by atoms with Gasteiger partial charge in [0.25, 0.3) is 5.91 Å². The Morgan fingerprint density at radius 3 is 2.89 bits per heavy atom. The summed E-state index contributed by atoms with van der Waals surface area (Å²) in [6.45, 7) is 5.50. The lowest BCUT2D eigenvalue weighted by Crippen LogP contribution is -2.41. The van der Waals surface area contributed by atoms with Crippen molar-refractivity contribution in [1.82, 2.24) is 10.2 Å². The Labute approximate surface area is 159 Å². The number of nitrogens with zero attached hydrogens (tertiary/aromatic N) is 1. The number of likely N-dealkylation sites (tertiary alicyclic amines) is 1. The molecule has 1 aromatic heterocycles. The van der Waals surface area contributed by atoms with Crippen LogP contribution >= 0.6 is 0 Å². The van der Waals surface area contributed by atoms with Crippen molar-refractivity contribution in [1.29, 1.82) is 0 Å². The van der Waals surface area contributed by atoms with Gasteiger partial charge in [-0.1, -0.05) is 18.2 Å². The molecular formula is C22H26N2O3. The topological polar surface area (TPSA) is 54.7 Å². The summed E-state index contributed by atoms with van der Waals surface area (Å²) in [5.41, 5.74) is 0.701. The normalized spacial score (nSPS) is 32.0. The molecular weight excluding hydrogens is 340 g/mol. The molecule has 0 saturated carbocycles. The molecule has 1 aromatic carbocycles. The number of carbonyl (C=O) groups excluding carboxylic acids is 1. The summed E-state index contributed by atoms with van der Waals surface area (Å²) in [6.07, 6.45) is 2.54. The van der Waals surface area contributed by atoms with E-state index in [0.717, 1.165) is 49.6 Å². The van der Waals surface area contributed by atoms with E-state index in [1.54, 1.807) is 0 Å². The van der Waals surface area contributed by atoms with Crippen molar-refractivity contribution in [2.24, 2.45) is 11.8 Å². The van der Waals surface area contributed by atoms with Crippen LogP contribution in [0, 0.1) is 18.8 Å². The van der Waals surface area contributed by atoms with Gasteiger partial charge in [0, 0.05) is 37.0 Å². The number of furan rings is 1. The van der Waals surface area contributed by atoms with Gasteiger partial charge >= 0.3 is 0 Å². The third kappa shape index (κ3) is 2.99. The number of fused-ring (bicyclic) bond motifs is 1. The Bertz CT molecular complexity index is 833. The molecule has 142 valence electrons. The van der Waals surface area contributed by atoms with E-state index in [9.17, 15) is 4.79 Å². The molecule has 5 heteroatoms. The fourth-order valence-electron chi connectivity index (χ4n) is 5.37. The number of amides is 1. The first-order chi connectivity index (χ1) is 13.1. The monoisotopic (exact) mass is 366 g/mol. The van der Waals surface area contributed by atoms with E-state index in [0.29, 0.717) is 24.5 Å². The highest BCUT2D eigenvalue weighted by Gasteiger charge is 2.62. The number of hydrogen-bond donors (Lipinski definition) is 1. The Morgan fingerprint density at radius 1 is 1.26 bits per heavy atom. The maximum Gasteiger partial charge on any atom is 0.251 e. The fraction of sp³-hybridized carbons (Fsp3) is 0.500. The number of rotatable bonds is 5. The van der Waals surface area contributed by atoms with Gasteiger partial charge in [-0.05, 0) is 44.0 Å². The number of benzene rings is 1. The highest BCUT2D eigenvalue weighted by Crippen LogP contribution is 2.54. The highest BCUT2D eigenvalue weighted by molar-refractivity contribution is 5.94. The molecule has 3 aliphatic rings. The van der Waals surface area contributed by atoms with Crippen molar-refractivity contribution >= 4 is 5.91 Å². The lowest BCUT2D eigenvalue weighted by molar-refractivity contribution is 0.00166. The van der Waals surface area contributed by atoms with Gasteiger partial charge in [0.2, 0.25) is 0 Å². The van der Waals surface area contributed by atoms with Gasteiger partial charge in [-0.15, -0.1) is 0 Å². The molecule has 1 N–H and O–H groups in total. The van der Waals surface area contributed by atoms with Crippen LogP contribution in [0.4, 0.5) is 0 Å². The first kappa shape index (κ1) is 17.0. The molecule has 0 aliphatic carbocycles. The van der Waals surface area contributed by atoms with Crippen molar-refractivity contribution in [2.45, 2.75) is 38.0 Å². The first-order valence-corrected chi connectivity index (χ1v) is 9.92. The third-order valence-corrected chi connectivity index (χ3v) is 6.56. The molecule has 4 atom stereocenters. The van der Waals surface area contributed by atoms with E-state index in [4.69, 9.17) is 9.15 Å². The first-order valence-electron chi connectivity index (χ1n) is 9.92. The number of aryl methyl sites for hydroxylation is 1. The number of nitrogens with one attached hydrogen (secondary N) is 1. The van der Waals surface area contributed by atoms with Crippen LogP contribution in [0.15, 0.2) is 46.9 Å². The Kier molecular flexibility index (Phi) is 4.10. The molecule has 3 fully saturated rings. The molecule has 2 bridgehead atoms.